The van der Waals surface area contributed by atoms with Crippen molar-refractivity contribution >= 4 is 11.6 Å². The van der Waals surface area contributed by atoms with Crippen LogP contribution in [-0.2, 0) is 6.54 Å². The number of halogens is 1. The van der Waals surface area contributed by atoms with Gasteiger partial charge in [-0.05, 0) is 43.7 Å². The van der Waals surface area contributed by atoms with E-state index in [1.54, 1.807) is 6.20 Å². The van der Waals surface area contributed by atoms with Gasteiger partial charge in [-0.2, -0.15) is 0 Å². The first kappa shape index (κ1) is 13.6. The molecular weight excluding hydrogens is 276 g/mol. The maximum atomic E-state index is 9.66. The lowest BCUT2D eigenvalue weighted by Gasteiger charge is -2.28. The predicted octanol–water partition coefficient (Wildman–Crippen LogP) is 2.95. The summed E-state index contributed by atoms with van der Waals surface area (Å²) in [7, 11) is 0. The van der Waals surface area contributed by atoms with Gasteiger partial charge in [-0.15, -0.1) is 0 Å². The third-order valence-electron chi connectivity index (χ3n) is 3.52. The smallest absolute Gasteiger partial charge is 0.209 e. The van der Waals surface area contributed by atoms with Crippen molar-refractivity contribution in [2.75, 3.05) is 13.1 Å². The fourth-order valence-corrected chi connectivity index (χ4v) is 2.62. The van der Waals surface area contributed by atoms with Gasteiger partial charge in [0.15, 0.2) is 5.76 Å². The number of rotatable bonds is 3. The molecule has 0 amide bonds. The lowest BCUT2D eigenvalue weighted by Crippen LogP contribution is -2.37. The maximum Gasteiger partial charge on any atom is 0.209 e. The van der Waals surface area contributed by atoms with Crippen LogP contribution in [0.2, 0.25) is 5.02 Å². The van der Waals surface area contributed by atoms with Gasteiger partial charge in [0, 0.05) is 17.1 Å². The number of benzene rings is 1. The van der Waals surface area contributed by atoms with E-state index < -0.39 is 0 Å². The number of likely N-dealkylation sites (tertiary alicyclic amines) is 1. The largest absolute Gasteiger partial charge is 0.439 e. The van der Waals surface area contributed by atoms with Gasteiger partial charge >= 0.3 is 0 Å². The van der Waals surface area contributed by atoms with Crippen LogP contribution in [0.15, 0.2) is 34.9 Å². The van der Waals surface area contributed by atoms with E-state index in [9.17, 15) is 5.11 Å². The van der Waals surface area contributed by atoms with E-state index in [1.165, 1.54) is 0 Å². The van der Waals surface area contributed by atoms with E-state index in [-0.39, 0.29) is 6.10 Å². The van der Waals surface area contributed by atoms with Gasteiger partial charge in [-0.3, -0.25) is 4.90 Å². The monoisotopic (exact) mass is 292 g/mol. The van der Waals surface area contributed by atoms with Gasteiger partial charge in [0.1, 0.15) is 0 Å². The summed E-state index contributed by atoms with van der Waals surface area (Å²) in [5.41, 5.74) is 0.965. The highest BCUT2D eigenvalue weighted by Crippen LogP contribution is 2.23. The van der Waals surface area contributed by atoms with Crippen LogP contribution >= 0.6 is 11.6 Å². The molecule has 2 aromatic rings. The van der Waals surface area contributed by atoms with Gasteiger partial charge in [-0.1, -0.05) is 11.6 Å². The Bertz CT molecular complexity index is 568. The Kier molecular flexibility index (Phi) is 4.05. The number of aliphatic hydroxyl groups is 1. The highest BCUT2D eigenvalue weighted by Gasteiger charge is 2.19. The third-order valence-corrected chi connectivity index (χ3v) is 3.77. The average molecular weight is 293 g/mol. The summed E-state index contributed by atoms with van der Waals surface area (Å²) in [6, 6.07) is 7.49. The molecule has 1 atom stereocenters. The van der Waals surface area contributed by atoms with E-state index in [0.29, 0.717) is 24.0 Å². The van der Waals surface area contributed by atoms with Crippen molar-refractivity contribution in [1.82, 2.24) is 9.88 Å². The molecule has 1 aromatic heterocycles. The first-order valence-corrected chi connectivity index (χ1v) is 7.19. The van der Waals surface area contributed by atoms with Gasteiger partial charge in [0.25, 0.3) is 0 Å². The molecule has 1 aliphatic heterocycles. The predicted molar refractivity (Wildman–Crippen MR) is 77.5 cm³/mol. The molecule has 4 nitrogen and oxygen atoms in total. The van der Waals surface area contributed by atoms with Crippen molar-refractivity contribution in [3.8, 4) is 11.3 Å². The second kappa shape index (κ2) is 5.95. The number of oxazole rings is 1. The highest BCUT2D eigenvalue weighted by atomic mass is 35.5. The Morgan fingerprint density at radius 3 is 2.90 bits per heavy atom. The summed E-state index contributed by atoms with van der Waals surface area (Å²) in [5, 5.41) is 10.4. The van der Waals surface area contributed by atoms with Crippen LogP contribution in [-0.4, -0.2) is 34.2 Å². The Morgan fingerprint density at radius 1 is 1.35 bits per heavy atom. The number of hydrogen-bond acceptors (Lipinski definition) is 4. The van der Waals surface area contributed by atoms with Crippen LogP contribution in [0.4, 0.5) is 0 Å². The van der Waals surface area contributed by atoms with Crippen molar-refractivity contribution < 1.29 is 9.52 Å². The molecule has 1 aliphatic rings. The molecule has 1 N–H and O–H groups in total. The lowest BCUT2D eigenvalue weighted by molar-refractivity contribution is 0.0625. The van der Waals surface area contributed by atoms with Crippen molar-refractivity contribution in [3.05, 3.63) is 41.4 Å². The third kappa shape index (κ3) is 3.20. The summed E-state index contributed by atoms with van der Waals surface area (Å²) < 4.78 is 5.77. The van der Waals surface area contributed by atoms with Crippen molar-refractivity contribution in [1.29, 1.82) is 0 Å². The van der Waals surface area contributed by atoms with Crippen molar-refractivity contribution in [2.24, 2.45) is 0 Å². The van der Waals surface area contributed by atoms with E-state index in [1.807, 2.05) is 24.3 Å². The fourth-order valence-electron chi connectivity index (χ4n) is 2.50. The number of aliphatic hydroxyl groups excluding tert-OH is 1. The zero-order chi connectivity index (χ0) is 13.9. The van der Waals surface area contributed by atoms with E-state index in [2.05, 4.69) is 9.88 Å². The van der Waals surface area contributed by atoms with E-state index >= 15 is 0 Å². The molecular formula is C15H17ClN2O2. The summed E-state index contributed by atoms with van der Waals surface area (Å²) in [5.74, 6) is 1.43. The molecule has 1 fully saturated rings. The number of β-amino-alcohol motifs (C(OH)–C–C–N with tert-alkyl or cyclic N) is 1. The Balaban J connectivity index is 1.69. The summed E-state index contributed by atoms with van der Waals surface area (Å²) in [6.45, 7) is 2.32. The van der Waals surface area contributed by atoms with E-state index in [0.717, 1.165) is 30.7 Å². The maximum absolute atomic E-state index is 9.66. The molecule has 0 aliphatic carbocycles. The topological polar surface area (TPSA) is 49.5 Å². The lowest BCUT2D eigenvalue weighted by atomic mass is 10.1. The van der Waals surface area contributed by atoms with Crippen molar-refractivity contribution in [3.63, 3.8) is 0 Å². The van der Waals surface area contributed by atoms with Gasteiger partial charge in [-0.25, -0.2) is 4.98 Å². The first-order chi connectivity index (χ1) is 9.70. The molecule has 0 radical (unpaired) electrons. The Hall–Kier alpha value is -1.36. The molecule has 1 saturated heterocycles. The van der Waals surface area contributed by atoms with Gasteiger partial charge in [0.2, 0.25) is 5.89 Å². The van der Waals surface area contributed by atoms with Crippen molar-refractivity contribution in [2.45, 2.75) is 25.5 Å². The molecule has 5 heteroatoms. The number of nitrogens with zero attached hydrogens (tertiary/aromatic N) is 2. The molecule has 2 heterocycles. The SMILES string of the molecule is O[C@H]1CCCN(Cc2ncc(-c3ccc(Cl)cc3)o2)C1. The minimum absolute atomic E-state index is 0.227. The number of piperidine rings is 1. The van der Waals surface area contributed by atoms with Crippen LogP contribution in [0.5, 0.6) is 0 Å². The van der Waals surface area contributed by atoms with Crippen LogP contribution in [0.25, 0.3) is 11.3 Å². The molecule has 20 heavy (non-hydrogen) atoms. The Morgan fingerprint density at radius 2 is 2.15 bits per heavy atom. The molecule has 0 unspecified atom stereocenters. The average Bonchev–Trinajstić information content (AvgIpc) is 2.88. The minimum Gasteiger partial charge on any atom is -0.439 e. The summed E-state index contributed by atoms with van der Waals surface area (Å²) >= 11 is 5.87. The summed E-state index contributed by atoms with van der Waals surface area (Å²) in [4.78, 5) is 6.48. The molecule has 0 bridgehead atoms. The number of aromatic nitrogens is 1. The second-order valence-electron chi connectivity index (χ2n) is 5.16. The molecule has 106 valence electrons. The van der Waals surface area contributed by atoms with Crippen LogP contribution in [0.1, 0.15) is 18.7 Å². The zero-order valence-corrected chi connectivity index (χ0v) is 11.9. The fraction of sp³-hybridized carbons (Fsp3) is 0.400. The molecule has 0 spiro atoms. The molecule has 3 rings (SSSR count). The van der Waals surface area contributed by atoms with Crippen LogP contribution < -0.4 is 0 Å². The first-order valence-electron chi connectivity index (χ1n) is 6.82. The van der Waals surface area contributed by atoms with E-state index in [4.69, 9.17) is 16.0 Å². The second-order valence-corrected chi connectivity index (χ2v) is 5.59. The molecule has 1 aromatic carbocycles. The zero-order valence-electron chi connectivity index (χ0n) is 11.1. The summed E-state index contributed by atoms with van der Waals surface area (Å²) in [6.07, 6.45) is 3.41. The van der Waals surface area contributed by atoms with Crippen LogP contribution in [0.3, 0.4) is 0 Å². The van der Waals surface area contributed by atoms with Gasteiger partial charge in [0.05, 0.1) is 18.8 Å². The minimum atomic E-state index is -0.227. The number of hydrogen-bond donors (Lipinski definition) is 1. The molecule has 0 saturated carbocycles. The van der Waals surface area contributed by atoms with Gasteiger partial charge < -0.3 is 9.52 Å². The quantitative estimate of drug-likeness (QED) is 0.945. The normalized spacial score (nSPS) is 20.2. The Labute approximate surface area is 123 Å². The highest BCUT2D eigenvalue weighted by molar-refractivity contribution is 6.30. The van der Waals surface area contributed by atoms with Crippen LogP contribution in [0, 0.1) is 0 Å². The standard InChI is InChI=1S/C15H17ClN2O2/c16-12-5-3-11(4-6-12)14-8-17-15(20-14)10-18-7-1-2-13(19)9-18/h3-6,8,13,19H,1-2,7,9-10H2/t13-/m0/s1.